The summed E-state index contributed by atoms with van der Waals surface area (Å²) in [5.41, 5.74) is 4.41. The molecule has 0 aromatic carbocycles. The predicted octanol–water partition coefficient (Wildman–Crippen LogP) is 0.400. The van der Waals surface area contributed by atoms with Crippen molar-refractivity contribution in [2.24, 2.45) is 0 Å². The van der Waals surface area contributed by atoms with Crippen molar-refractivity contribution in [3.63, 3.8) is 0 Å². The Kier molecular flexibility index (Phi) is 7.82. The fourth-order valence-electron chi connectivity index (χ4n) is 2.35. The van der Waals surface area contributed by atoms with Crippen molar-refractivity contribution in [1.29, 1.82) is 0 Å². The summed E-state index contributed by atoms with van der Waals surface area (Å²) in [7, 11) is 0. The first-order valence-corrected chi connectivity index (χ1v) is 8.49. The normalized spacial score (nSPS) is 21.6. The maximum Gasteiger partial charge on any atom is 0.434 e. The molecule has 1 aliphatic rings. The number of pyridine rings is 1. The number of halogens is 3. The predicted molar refractivity (Wildman–Crippen MR) is 94.4 cm³/mol. The summed E-state index contributed by atoms with van der Waals surface area (Å²) in [6.07, 6.45) is -1.64. The van der Waals surface area contributed by atoms with Crippen LogP contribution in [-0.4, -0.2) is 62.5 Å². The molecule has 3 rings (SSSR count). The molecule has 3 heterocycles. The van der Waals surface area contributed by atoms with E-state index in [1.54, 1.807) is 12.1 Å². The fourth-order valence-corrected chi connectivity index (χ4v) is 2.35. The molecule has 1 fully saturated rings. The van der Waals surface area contributed by atoms with Gasteiger partial charge in [-0.15, -0.1) is 0 Å². The number of nitrogens with one attached hydrogen (secondary N) is 1. The Morgan fingerprint density at radius 2 is 1.93 bits per heavy atom. The molecule has 1 aliphatic heterocycles. The van der Waals surface area contributed by atoms with Crippen molar-refractivity contribution >= 4 is 11.7 Å². The summed E-state index contributed by atoms with van der Waals surface area (Å²) in [6.45, 7) is 0.549. The highest BCUT2D eigenvalue weighted by atomic mass is 19.4. The number of aliphatic hydroxyl groups excluding tert-OH is 2. The number of aromatic nitrogens is 3. The van der Waals surface area contributed by atoms with Crippen LogP contribution in [0, 0.1) is 0 Å². The number of nitrogens with zero attached hydrogens (tertiary/aromatic N) is 3. The minimum absolute atomic E-state index is 0.166. The number of anilines is 1. The summed E-state index contributed by atoms with van der Waals surface area (Å²) in [4.78, 5) is 21.8. The Labute approximate surface area is 163 Å². The summed E-state index contributed by atoms with van der Waals surface area (Å²) >= 11 is 0. The van der Waals surface area contributed by atoms with Crippen LogP contribution >= 0.6 is 0 Å². The highest BCUT2D eigenvalue weighted by Gasteiger charge is 2.33. The lowest BCUT2D eigenvalue weighted by molar-refractivity contribution is -0.141. The Hall–Kier alpha value is -2.83. The van der Waals surface area contributed by atoms with Crippen molar-refractivity contribution in [2.45, 2.75) is 30.9 Å². The van der Waals surface area contributed by atoms with Gasteiger partial charge in [-0.2, -0.15) is 13.2 Å². The third kappa shape index (κ3) is 6.93. The highest BCUT2D eigenvalue weighted by molar-refractivity contribution is 5.93. The third-order valence-corrected chi connectivity index (χ3v) is 3.87. The lowest BCUT2D eigenvalue weighted by atomic mass is 10.0. The number of hydrogen-bond donors (Lipinski definition) is 4. The molecule has 2 aromatic rings. The summed E-state index contributed by atoms with van der Waals surface area (Å²) in [5.74, 6) is -0.493. The minimum atomic E-state index is -4.47. The number of hydrogen-bond acceptors (Lipinski definition) is 8. The van der Waals surface area contributed by atoms with E-state index in [-0.39, 0.29) is 18.3 Å². The smallest absolute Gasteiger partial charge is 0.390 e. The number of carbonyl (C=O) groups is 1. The Bertz CT molecular complexity index is 794. The number of nitrogens with two attached hydrogens (primary N) is 1. The lowest BCUT2D eigenvalue weighted by Gasteiger charge is -2.32. The van der Waals surface area contributed by atoms with E-state index in [0.717, 1.165) is 6.20 Å². The quantitative estimate of drug-likeness (QED) is 0.564. The number of nitrogen functional groups attached to an aromatic ring is 1. The van der Waals surface area contributed by atoms with Crippen LogP contribution in [0.15, 0.2) is 36.9 Å². The van der Waals surface area contributed by atoms with Gasteiger partial charge in [0.15, 0.2) is 5.69 Å². The number of aliphatic hydroxyl groups is 2. The molecule has 29 heavy (non-hydrogen) atoms. The minimum Gasteiger partial charge on any atom is -0.390 e. The van der Waals surface area contributed by atoms with Gasteiger partial charge in [0, 0.05) is 31.1 Å². The molecule has 12 heteroatoms. The van der Waals surface area contributed by atoms with E-state index in [9.17, 15) is 28.2 Å². The average Bonchev–Trinajstić information content (AvgIpc) is 2.69. The molecule has 0 aliphatic carbocycles. The van der Waals surface area contributed by atoms with E-state index in [4.69, 9.17) is 10.5 Å². The lowest BCUT2D eigenvalue weighted by Crippen LogP contribution is -2.49. The summed E-state index contributed by atoms with van der Waals surface area (Å²) in [6, 6.07) is 3.20. The number of rotatable bonds is 3. The van der Waals surface area contributed by atoms with Gasteiger partial charge in [-0.3, -0.25) is 14.8 Å². The largest absolute Gasteiger partial charge is 0.434 e. The van der Waals surface area contributed by atoms with Crippen LogP contribution in [0.5, 0.6) is 0 Å². The summed E-state index contributed by atoms with van der Waals surface area (Å²) in [5, 5.41) is 21.8. The van der Waals surface area contributed by atoms with E-state index in [1.807, 2.05) is 0 Å². The molecule has 0 bridgehead atoms. The molecule has 0 radical (unpaired) electrons. The van der Waals surface area contributed by atoms with Crippen LogP contribution in [0.25, 0.3) is 0 Å². The van der Waals surface area contributed by atoms with E-state index < -0.39 is 30.2 Å². The van der Waals surface area contributed by atoms with Crippen molar-refractivity contribution in [3.8, 4) is 0 Å². The monoisotopic (exact) mass is 415 g/mol. The van der Waals surface area contributed by atoms with Crippen LogP contribution in [-0.2, 0) is 10.9 Å². The molecule has 9 nitrogen and oxygen atoms in total. The SMILES string of the molecule is Nc1cncc(C(F)(F)F)n1.O=C(NCC1OCCC(O)C1O)c1ccncc1. The van der Waals surface area contributed by atoms with Gasteiger partial charge in [0.05, 0.1) is 18.5 Å². The zero-order valence-corrected chi connectivity index (χ0v) is 15.1. The second-order valence-corrected chi connectivity index (χ2v) is 6.03. The molecule has 0 spiro atoms. The number of alkyl halides is 3. The molecule has 158 valence electrons. The van der Waals surface area contributed by atoms with Crippen LogP contribution in [0.3, 0.4) is 0 Å². The van der Waals surface area contributed by atoms with Gasteiger partial charge in [0.2, 0.25) is 0 Å². The van der Waals surface area contributed by atoms with Gasteiger partial charge in [-0.05, 0) is 18.6 Å². The third-order valence-electron chi connectivity index (χ3n) is 3.87. The van der Waals surface area contributed by atoms with Gasteiger partial charge in [-0.1, -0.05) is 0 Å². The van der Waals surface area contributed by atoms with E-state index in [1.165, 1.54) is 12.4 Å². The van der Waals surface area contributed by atoms with Crippen LogP contribution in [0.1, 0.15) is 22.5 Å². The van der Waals surface area contributed by atoms with Crippen LogP contribution in [0.2, 0.25) is 0 Å². The Morgan fingerprint density at radius 1 is 1.24 bits per heavy atom. The molecular formula is C17H20F3N5O4. The van der Waals surface area contributed by atoms with E-state index >= 15 is 0 Å². The molecule has 0 saturated carbocycles. The topological polar surface area (TPSA) is 143 Å². The number of amides is 1. The Morgan fingerprint density at radius 3 is 2.52 bits per heavy atom. The van der Waals surface area contributed by atoms with Crippen molar-refractivity contribution < 1.29 is 32.9 Å². The summed E-state index contributed by atoms with van der Waals surface area (Å²) < 4.78 is 40.7. The molecule has 1 saturated heterocycles. The second-order valence-electron chi connectivity index (χ2n) is 6.03. The molecule has 1 amide bonds. The average molecular weight is 415 g/mol. The molecular weight excluding hydrogens is 395 g/mol. The number of ether oxygens (including phenoxy) is 1. The zero-order chi connectivity index (χ0) is 21.4. The van der Waals surface area contributed by atoms with E-state index in [2.05, 4.69) is 20.3 Å². The molecule has 2 aromatic heterocycles. The zero-order valence-electron chi connectivity index (χ0n) is 15.1. The number of carbonyl (C=O) groups excluding carboxylic acids is 1. The fraction of sp³-hybridized carbons (Fsp3) is 0.412. The first-order valence-electron chi connectivity index (χ1n) is 8.49. The van der Waals surface area contributed by atoms with E-state index in [0.29, 0.717) is 24.8 Å². The molecule has 3 unspecified atom stereocenters. The maximum atomic E-state index is 11.8. The van der Waals surface area contributed by atoms with Crippen LogP contribution < -0.4 is 11.1 Å². The van der Waals surface area contributed by atoms with Crippen molar-refractivity contribution in [1.82, 2.24) is 20.3 Å². The molecule has 3 atom stereocenters. The van der Waals surface area contributed by atoms with Gasteiger partial charge in [-0.25, -0.2) is 4.98 Å². The van der Waals surface area contributed by atoms with Gasteiger partial charge >= 0.3 is 6.18 Å². The van der Waals surface area contributed by atoms with Crippen LogP contribution in [0.4, 0.5) is 19.0 Å². The maximum absolute atomic E-state index is 11.8. The van der Waals surface area contributed by atoms with Crippen molar-refractivity contribution in [3.05, 3.63) is 48.2 Å². The van der Waals surface area contributed by atoms with Gasteiger partial charge < -0.3 is 26.0 Å². The standard InChI is InChI=1S/C12H16N2O4.C5H4F3N3/c15-9-3-6-18-10(11(9)16)7-14-12(17)8-1-4-13-5-2-8;6-5(7,8)3-1-10-2-4(9)11-3/h1-2,4-5,9-11,15-16H,3,6-7H2,(H,14,17);1-2H,(H2,9,11). The van der Waals surface area contributed by atoms with Crippen molar-refractivity contribution in [2.75, 3.05) is 18.9 Å². The van der Waals surface area contributed by atoms with Gasteiger partial charge in [0.25, 0.3) is 5.91 Å². The second kappa shape index (κ2) is 10.1. The molecule has 5 N–H and O–H groups in total. The highest BCUT2D eigenvalue weighted by Crippen LogP contribution is 2.26. The first-order chi connectivity index (χ1) is 13.7. The Balaban J connectivity index is 0.000000234. The first kappa shape index (κ1) is 22.5. The van der Waals surface area contributed by atoms with Gasteiger partial charge in [0.1, 0.15) is 18.0 Å².